The minimum Gasteiger partial charge on any atom is -0.313 e. The topological polar surface area (TPSA) is 18.5 Å². The van der Waals surface area contributed by atoms with Gasteiger partial charge in [-0.3, -0.25) is 4.90 Å². The Bertz CT molecular complexity index is 279. The second kappa shape index (κ2) is 6.55. The second-order valence-electron chi connectivity index (χ2n) is 7.11. The van der Waals surface area contributed by atoms with Gasteiger partial charge in [-0.15, -0.1) is 0 Å². The number of rotatable bonds is 4. The van der Waals surface area contributed by atoms with E-state index in [9.17, 15) is 0 Å². The summed E-state index contributed by atoms with van der Waals surface area (Å²) in [6, 6.07) is 2.21. The third kappa shape index (κ3) is 3.50. The van der Waals surface area contributed by atoms with Gasteiger partial charge >= 0.3 is 0 Å². The Hall–Kier alpha value is -0.120. The van der Waals surface area contributed by atoms with E-state index in [0.29, 0.717) is 6.04 Å². The van der Waals surface area contributed by atoms with Gasteiger partial charge in [0.05, 0.1) is 0 Å². The smallest absolute Gasteiger partial charge is 0.0275 e. The van der Waals surface area contributed by atoms with E-state index in [1.807, 2.05) is 0 Å². The molecule has 1 saturated carbocycles. The summed E-state index contributed by atoms with van der Waals surface area (Å²) in [6.45, 7) is 10.8. The number of nitrogens with one attached hydrogen (secondary N) is 1. The van der Waals surface area contributed by atoms with E-state index in [1.54, 1.807) is 0 Å². The van der Waals surface area contributed by atoms with E-state index < -0.39 is 0 Å². The van der Waals surface area contributed by atoms with E-state index >= 15 is 0 Å². The fourth-order valence-electron chi connectivity index (χ4n) is 4.38. The molecule has 0 aromatic rings. The van der Waals surface area contributed by atoms with E-state index in [1.165, 1.54) is 32.4 Å². The van der Waals surface area contributed by atoms with Gasteiger partial charge in [0, 0.05) is 31.2 Å². The van der Waals surface area contributed by atoms with Crippen molar-refractivity contribution in [2.24, 2.45) is 11.8 Å². The molecule has 5 atom stereocenters. The van der Waals surface area contributed by atoms with Crippen LogP contribution >= 0.6 is 0 Å². The van der Waals surface area contributed by atoms with Gasteiger partial charge in [-0.2, -0.15) is 0 Å². The van der Waals surface area contributed by atoms with Crippen LogP contribution in [0, 0.1) is 11.8 Å². The third-order valence-corrected chi connectivity index (χ3v) is 5.24. The van der Waals surface area contributed by atoms with Crippen LogP contribution in [-0.2, 0) is 0 Å². The highest BCUT2D eigenvalue weighted by molar-refractivity contribution is 4.97. The van der Waals surface area contributed by atoms with E-state index in [0.717, 1.165) is 30.5 Å². The van der Waals surface area contributed by atoms with Crippen LogP contribution in [-0.4, -0.2) is 61.7 Å². The molecule has 1 heterocycles. The van der Waals surface area contributed by atoms with Crippen molar-refractivity contribution in [3.63, 3.8) is 0 Å². The van der Waals surface area contributed by atoms with Gasteiger partial charge in [-0.25, -0.2) is 0 Å². The molecule has 3 nitrogen and oxygen atoms in total. The first-order chi connectivity index (χ1) is 9.02. The normalized spacial score (nSPS) is 41.1. The summed E-state index contributed by atoms with van der Waals surface area (Å²) in [5.41, 5.74) is 0. The van der Waals surface area contributed by atoms with Crippen LogP contribution in [0.5, 0.6) is 0 Å². The molecule has 1 N–H and O–H groups in total. The summed E-state index contributed by atoms with van der Waals surface area (Å²) in [5.74, 6) is 1.70. The van der Waals surface area contributed by atoms with Crippen molar-refractivity contribution in [2.45, 2.75) is 58.2 Å². The van der Waals surface area contributed by atoms with Crippen molar-refractivity contribution in [1.29, 1.82) is 0 Å². The Morgan fingerprint density at radius 2 is 1.95 bits per heavy atom. The van der Waals surface area contributed by atoms with Crippen LogP contribution in [0.25, 0.3) is 0 Å². The molecule has 2 aliphatic rings. The average molecular weight is 267 g/mol. The van der Waals surface area contributed by atoms with E-state index in [2.05, 4.69) is 50.0 Å². The van der Waals surface area contributed by atoms with Crippen molar-refractivity contribution in [2.75, 3.05) is 33.7 Å². The molecule has 5 unspecified atom stereocenters. The summed E-state index contributed by atoms with van der Waals surface area (Å²) in [5, 5.41) is 3.76. The molecule has 112 valence electrons. The first-order valence-electron chi connectivity index (χ1n) is 8.16. The molecule has 19 heavy (non-hydrogen) atoms. The van der Waals surface area contributed by atoms with Crippen molar-refractivity contribution in [1.82, 2.24) is 15.1 Å². The van der Waals surface area contributed by atoms with Gasteiger partial charge in [0.2, 0.25) is 0 Å². The van der Waals surface area contributed by atoms with Crippen molar-refractivity contribution in [3.05, 3.63) is 0 Å². The maximum atomic E-state index is 3.76. The zero-order valence-corrected chi connectivity index (χ0v) is 13.5. The van der Waals surface area contributed by atoms with Gasteiger partial charge in [0.15, 0.2) is 0 Å². The summed E-state index contributed by atoms with van der Waals surface area (Å²) in [7, 11) is 4.45. The molecule has 2 fully saturated rings. The number of likely N-dealkylation sites (N-methyl/N-ethyl adjacent to an activating group) is 2. The second-order valence-corrected chi connectivity index (χ2v) is 7.11. The molecule has 0 bridgehead atoms. The predicted octanol–water partition coefficient (Wildman–Crippen LogP) is 2.04. The number of nitrogens with zero attached hydrogens (tertiary/aromatic N) is 2. The minimum atomic E-state index is 0.699. The number of hydrogen-bond donors (Lipinski definition) is 1. The summed E-state index contributed by atoms with van der Waals surface area (Å²) < 4.78 is 0. The van der Waals surface area contributed by atoms with Gasteiger partial charge in [-0.1, -0.05) is 20.8 Å². The van der Waals surface area contributed by atoms with Crippen LogP contribution in [0.15, 0.2) is 0 Å². The summed E-state index contributed by atoms with van der Waals surface area (Å²) >= 11 is 0. The molecule has 1 saturated heterocycles. The molecule has 0 aromatic carbocycles. The monoisotopic (exact) mass is 267 g/mol. The first-order valence-corrected chi connectivity index (χ1v) is 8.16. The first kappa shape index (κ1) is 15.3. The lowest BCUT2D eigenvalue weighted by molar-refractivity contribution is 0.0748. The largest absolute Gasteiger partial charge is 0.313 e. The number of likely N-dealkylation sites (tertiary alicyclic amines) is 1. The van der Waals surface area contributed by atoms with Crippen LogP contribution in [0.4, 0.5) is 0 Å². The van der Waals surface area contributed by atoms with Crippen molar-refractivity contribution in [3.8, 4) is 0 Å². The maximum Gasteiger partial charge on any atom is 0.0275 e. The highest BCUT2D eigenvalue weighted by atomic mass is 15.3. The van der Waals surface area contributed by atoms with E-state index in [4.69, 9.17) is 0 Å². The Kier molecular flexibility index (Phi) is 5.27. The van der Waals surface area contributed by atoms with Gasteiger partial charge in [0.1, 0.15) is 0 Å². The molecular formula is C16H33N3. The maximum absolute atomic E-state index is 3.76. The summed E-state index contributed by atoms with van der Waals surface area (Å²) in [4.78, 5) is 5.17. The Morgan fingerprint density at radius 1 is 1.21 bits per heavy atom. The highest BCUT2D eigenvalue weighted by Gasteiger charge is 2.40. The number of hydrogen-bond acceptors (Lipinski definition) is 3. The molecule has 3 heteroatoms. The zero-order chi connectivity index (χ0) is 14.0. The van der Waals surface area contributed by atoms with Gasteiger partial charge in [-0.05, 0) is 51.7 Å². The zero-order valence-electron chi connectivity index (χ0n) is 13.5. The van der Waals surface area contributed by atoms with Gasteiger partial charge < -0.3 is 10.2 Å². The fourth-order valence-corrected chi connectivity index (χ4v) is 4.38. The lowest BCUT2D eigenvalue weighted by Gasteiger charge is -2.45. The van der Waals surface area contributed by atoms with E-state index in [-0.39, 0.29) is 0 Å². The Balaban J connectivity index is 2.03. The van der Waals surface area contributed by atoms with Crippen LogP contribution in [0.3, 0.4) is 0 Å². The lowest BCUT2D eigenvalue weighted by Crippen LogP contribution is -2.56. The average Bonchev–Trinajstić information content (AvgIpc) is 2.77. The third-order valence-electron chi connectivity index (χ3n) is 5.24. The van der Waals surface area contributed by atoms with Gasteiger partial charge in [0.25, 0.3) is 0 Å². The molecule has 0 spiro atoms. The van der Waals surface area contributed by atoms with Crippen LogP contribution in [0.2, 0.25) is 0 Å². The molecular weight excluding hydrogens is 234 g/mol. The Labute approximate surface area is 119 Å². The Morgan fingerprint density at radius 3 is 2.53 bits per heavy atom. The fraction of sp³-hybridized carbons (Fsp3) is 1.00. The molecule has 0 aromatic heterocycles. The molecule has 1 aliphatic heterocycles. The van der Waals surface area contributed by atoms with Crippen molar-refractivity contribution >= 4 is 0 Å². The molecule has 0 amide bonds. The standard InChI is InChI=1S/C16H33N3/c1-6-17-15-10-12(2)9-13(3)16(15)19-8-7-14(11-19)18(4)5/h12-17H,6-11H2,1-5H3. The molecule has 1 aliphatic carbocycles. The highest BCUT2D eigenvalue weighted by Crippen LogP contribution is 2.34. The quantitative estimate of drug-likeness (QED) is 0.841. The van der Waals surface area contributed by atoms with Crippen LogP contribution < -0.4 is 5.32 Å². The van der Waals surface area contributed by atoms with Crippen molar-refractivity contribution < 1.29 is 0 Å². The minimum absolute atomic E-state index is 0.699. The molecule has 2 rings (SSSR count). The summed E-state index contributed by atoms with van der Waals surface area (Å²) in [6.07, 6.45) is 4.09. The molecule has 0 radical (unpaired) electrons. The predicted molar refractivity (Wildman–Crippen MR) is 82.5 cm³/mol. The lowest BCUT2D eigenvalue weighted by atomic mass is 9.76. The SMILES string of the molecule is CCNC1CC(C)CC(C)C1N1CCC(N(C)C)C1. The van der Waals surface area contributed by atoms with Crippen LogP contribution in [0.1, 0.15) is 40.0 Å².